The van der Waals surface area contributed by atoms with Crippen LogP contribution < -0.4 is 16.8 Å². The van der Waals surface area contributed by atoms with Gasteiger partial charge in [0.1, 0.15) is 17.8 Å². The number of aldehydes is 1. The van der Waals surface area contributed by atoms with Gasteiger partial charge in [0.05, 0.1) is 6.54 Å². The van der Waals surface area contributed by atoms with E-state index in [0.717, 1.165) is 11.3 Å². The minimum absolute atomic E-state index is 0.0954. The Kier molecular flexibility index (Phi) is 7.74. The highest BCUT2D eigenvalue weighted by Gasteiger charge is 2.28. The van der Waals surface area contributed by atoms with Gasteiger partial charge in [0.15, 0.2) is 0 Å². The van der Waals surface area contributed by atoms with E-state index in [2.05, 4.69) is 10.3 Å². The van der Waals surface area contributed by atoms with E-state index in [1.807, 2.05) is 19.1 Å². The van der Waals surface area contributed by atoms with Gasteiger partial charge in [0, 0.05) is 49.4 Å². The standard InChI is InChI=1S/C21H28N6O3/c1-14-6-7-15(11-24-14)17(22)8-9-18(23)25-19(29)12-27-10-4-5-16(13-28)20(27)21(30)26(2)3/h6-9,11,13H,4-5,10,12,22-23H2,1-3H3,(H,25,29)/b17-8-,18-9+. The molecule has 1 aliphatic heterocycles. The molecule has 2 heterocycles. The molecule has 5 N–H and O–H groups in total. The minimum Gasteiger partial charge on any atom is -0.398 e. The molecular weight excluding hydrogens is 384 g/mol. The van der Waals surface area contributed by atoms with Gasteiger partial charge in [-0.25, -0.2) is 0 Å². The Morgan fingerprint density at radius 3 is 2.60 bits per heavy atom. The maximum absolute atomic E-state index is 12.5. The van der Waals surface area contributed by atoms with Crippen LogP contribution >= 0.6 is 0 Å². The highest BCUT2D eigenvalue weighted by atomic mass is 16.2. The minimum atomic E-state index is -0.399. The van der Waals surface area contributed by atoms with Crippen LogP contribution in [-0.4, -0.2) is 60.1 Å². The summed E-state index contributed by atoms with van der Waals surface area (Å²) in [5.74, 6) is -0.598. The quantitative estimate of drug-likeness (QED) is 0.431. The number of nitrogens with two attached hydrogens (primary N) is 2. The summed E-state index contributed by atoms with van der Waals surface area (Å²) in [7, 11) is 3.21. The molecule has 2 rings (SSSR count). The van der Waals surface area contributed by atoms with E-state index >= 15 is 0 Å². The first-order chi connectivity index (χ1) is 14.2. The van der Waals surface area contributed by atoms with Crippen molar-refractivity contribution in [2.24, 2.45) is 11.5 Å². The molecule has 160 valence electrons. The third-order valence-corrected chi connectivity index (χ3v) is 4.55. The lowest BCUT2D eigenvalue weighted by molar-refractivity contribution is -0.127. The van der Waals surface area contributed by atoms with E-state index < -0.39 is 5.91 Å². The SMILES string of the molecule is Cc1ccc(/C(N)=C/C=C(\N)NC(=O)CN2CCCC(C=O)=C2C(=O)N(C)C)cn1. The smallest absolute Gasteiger partial charge is 0.270 e. The largest absolute Gasteiger partial charge is 0.398 e. The number of carbonyl (C=O) groups excluding carboxylic acids is 3. The van der Waals surface area contributed by atoms with Crippen LogP contribution in [0.15, 0.2) is 47.6 Å². The summed E-state index contributed by atoms with van der Waals surface area (Å²) in [4.78, 5) is 43.5. The molecule has 0 atom stereocenters. The van der Waals surface area contributed by atoms with Crippen LogP contribution in [-0.2, 0) is 14.4 Å². The predicted molar refractivity (Wildman–Crippen MR) is 114 cm³/mol. The molecule has 0 aromatic carbocycles. The van der Waals surface area contributed by atoms with E-state index in [9.17, 15) is 14.4 Å². The second kappa shape index (κ2) is 10.2. The molecule has 1 aromatic heterocycles. The van der Waals surface area contributed by atoms with Gasteiger partial charge in [-0.1, -0.05) is 0 Å². The van der Waals surface area contributed by atoms with Crippen molar-refractivity contribution in [3.05, 3.63) is 58.8 Å². The van der Waals surface area contributed by atoms with Crippen molar-refractivity contribution in [1.29, 1.82) is 0 Å². The fraction of sp³-hybridized carbons (Fsp3) is 0.333. The molecule has 9 nitrogen and oxygen atoms in total. The number of hydrogen-bond donors (Lipinski definition) is 3. The monoisotopic (exact) mass is 412 g/mol. The molecule has 0 saturated carbocycles. The highest BCUT2D eigenvalue weighted by Crippen LogP contribution is 2.22. The maximum Gasteiger partial charge on any atom is 0.270 e. The van der Waals surface area contributed by atoms with Gasteiger partial charge in [-0.05, 0) is 44.1 Å². The summed E-state index contributed by atoms with van der Waals surface area (Å²) in [5, 5.41) is 2.57. The normalized spacial score (nSPS) is 15.1. The third-order valence-electron chi connectivity index (χ3n) is 4.55. The third kappa shape index (κ3) is 5.94. The van der Waals surface area contributed by atoms with Gasteiger partial charge in [-0.3, -0.25) is 19.4 Å². The zero-order chi connectivity index (χ0) is 22.3. The number of rotatable bonds is 7. The van der Waals surface area contributed by atoms with Crippen LogP contribution in [0.25, 0.3) is 5.70 Å². The Morgan fingerprint density at radius 2 is 2.00 bits per heavy atom. The Morgan fingerprint density at radius 1 is 1.27 bits per heavy atom. The first-order valence-electron chi connectivity index (χ1n) is 9.53. The molecule has 9 heteroatoms. The van der Waals surface area contributed by atoms with E-state index in [1.54, 1.807) is 31.3 Å². The van der Waals surface area contributed by atoms with Crippen molar-refractivity contribution >= 4 is 23.8 Å². The first-order valence-corrected chi connectivity index (χ1v) is 9.53. The van der Waals surface area contributed by atoms with Crippen molar-refractivity contribution in [2.45, 2.75) is 19.8 Å². The summed E-state index contributed by atoms with van der Waals surface area (Å²) < 4.78 is 0. The van der Waals surface area contributed by atoms with Gasteiger partial charge in [-0.15, -0.1) is 0 Å². The molecule has 2 amide bonds. The van der Waals surface area contributed by atoms with E-state index in [0.29, 0.717) is 36.9 Å². The van der Waals surface area contributed by atoms with E-state index in [4.69, 9.17) is 11.5 Å². The summed E-state index contributed by atoms with van der Waals surface area (Å²) in [6, 6.07) is 3.69. The molecule has 0 aliphatic carbocycles. The summed E-state index contributed by atoms with van der Waals surface area (Å²) in [5.41, 5.74) is 14.6. The number of amides is 2. The molecule has 0 bridgehead atoms. The zero-order valence-corrected chi connectivity index (χ0v) is 17.5. The lowest BCUT2D eigenvalue weighted by Crippen LogP contribution is -2.44. The summed E-state index contributed by atoms with van der Waals surface area (Å²) in [6.45, 7) is 2.28. The molecule has 0 spiro atoms. The van der Waals surface area contributed by atoms with Crippen LogP contribution in [0, 0.1) is 6.92 Å². The number of hydrogen-bond acceptors (Lipinski definition) is 7. The number of nitrogens with one attached hydrogen (secondary N) is 1. The zero-order valence-electron chi connectivity index (χ0n) is 17.5. The van der Waals surface area contributed by atoms with Crippen molar-refractivity contribution in [3.8, 4) is 0 Å². The van der Waals surface area contributed by atoms with Crippen molar-refractivity contribution in [2.75, 3.05) is 27.2 Å². The van der Waals surface area contributed by atoms with Crippen molar-refractivity contribution in [1.82, 2.24) is 20.1 Å². The van der Waals surface area contributed by atoms with Gasteiger partial charge < -0.3 is 26.6 Å². The number of likely N-dealkylation sites (N-methyl/N-ethyl adjacent to an activating group) is 1. The number of pyridine rings is 1. The van der Waals surface area contributed by atoms with Crippen molar-refractivity contribution in [3.63, 3.8) is 0 Å². The van der Waals surface area contributed by atoms with Gasteiger partial charge in [-0.2, -0.15) is 0 Å². The van der Waals surface area contributed by atoms with Crippen LogP contribution in [0.1, 0.15) is 24.1 Å². The fourth-order valence-corrected chi connectivity index (χ4v) is 2.98. The molecule has 30 heavy (non-hydrogen) atoms. The number of carbonyl (C=O) groups is 3. The van der Waals surface area contributed by atoms with Crippen LogP contribution in [0.5, 0.6) is 0 Å². The number of nitrogens with zero attached hydrogens (tertiary/aromatic N) is 3. The van der Waals surface area contributed by atoms with E-state index in [-0.39, 0.29) is 24.0 Å². The number of aryl methyl sites for hydroxylation is 1. The second-order valence-corrected chi connectivity index (χ2v) is 7.20. The Balaban J connectivity index is 2.07. The van der Waals surface area contributed by atoms with Gasteiger partial charge in [0.25, 0.3) is 5.91 Å². The lowest BCUT2D eigenvalue weighted by atomic mass is 10.0. The van der Waals surface area contributed by atoms with Gasteiger partial charge >= 0.3 is 0 Å². The Hall–Kier alpha value is -3.62. The van der Waals surface area contributed by atoms with Crippen molar-refractivity contribution < 1.29 is 14.4 Å². The maximum atomic E-state index is 12.5. The van der Waals surface area contributed by atoms with Gasteiger partial charge in [0.2, 0.25) is 5.91 Å². The summed E-state index contributed by atoms with van der Waals surface area (Å²) >= 11 is 0. The molecule has 0 radical (unpaired) electrons. The number of aromatic nitrogens is 1. The highest BCUT2D eigenvalue weighted by molar-refractivity contribution is 5.99. The molecule has 1 aromatic rings. The average molecular weight is 412 g/mol. The molecule has 0 saturated heterocycles. The van der Waals surface area contributed by atoms with Crippen LogP contribution in [0.2, 0.25) is 0 Å². The number of allylic oxidation sites excluding steroid dienone is 3. The second-order valence-electron chi connectivity index (χ2n) is 7.20. The Labute approximate surface area is 176 Å². The van der Waals surface area contributed by atoms with Crippen LogP contribution in [0.4, 0.5) is 0 Å². The average Bonchev–Trinajstić information content (AvgIpc) is 2.71. The predicted octanol–water partition coefficient (Wildman–Crippen LogP) is 0.243. The fourth-order valence-electron chi connectivity index (χ4n) is 2.98. The molecule has 1 aliphatic rings. The lowest BCUT2D eigenvalue weighted by Gasteiger charge is -2.32. The molecule has 0 fully saturated rings. The summed E-state index contributed by atoms with van der Waals surface area (Å²) in [6.07, 6.45) is 6.59. The topological polar surface area (TPSA) is 135 Å². The Bertz CT molecular complexity index is 900. The molecule has 0 unspecified atom stereocenters. The molecular formula is C21H28N6O3. The van der Waals surface area contributed by atoms with E-state index in [1.165, 1.54) is 11.0 Å². The van der Waals surface area contributed by atoms with Crippen LogP contribution in [0.3, 0.4) is 0 Å². The first kappa shape index (κ1) is 22.7.